The number of rotatable bonds is 3. The molecule has 1 aromatic heterocycles. The second-order valence-electron chi connectivity index (χ2n) is 1.67. The van der Waals surface area contributed by atoms with E-state index < -0.39 is 0 Å². The first kappa shape index (κ1) is 7.01. The third-order valence-electron chi connectivity index (χ3n) is 1.02. The van der Waals surface area contributed by atoms with Crippen molar-refractivity contribution in [2.45, 2.75) is 6.42 Å². The third kappa shape index (κ3) is 2.31. The van der Waals surface area contributed by atoms with Gasteiger partial charge in [-0.1, -0.05) is 0 Å². The standard InChI is InChI=1S/C5H7IN2O/c6-9-2-1-5-3-7-8-4-5/h3-4H,1-2H2,(H,7,8). The van der Waals surface area contributed by atoms with Crippen molar-refractivity contribution in [3.8, 4) is 0 Å². The molecule has 9 heavy (non-hydrogen) atoms. The third-order valence-corrected chi connectivity index (χ3v) is 1.46. The van der Waals surface area contributed by atoms with Gasteiger partial charge in [-0.3, -0.25) is 5.10 Å². The van der Waals surface area contributed by atoms with Gasteiger partial charge in [-0.05, 0) is 12.0 Å². The summed E-state index contributed by atoms with van der Waals surface area (Å²) in [6.45, 7) is 0.750. The molecule has 1 rings (SSSR count). The van der Waals surface area contributed by atoms with Gasteiger partial charge in [0.15, 0.2) is 0 Å². The molecule has 0 radical (unpaired) electrons. The topological polar surface area (TPSA) is 37.9 Å². The maximum absolute atomic E-state index is 4.84. The van der Waals surface area contributed by atoms with Crippen LogP contribution in [-0.2, 0) is 9.49 Å². The molecule has 0 unspecified atom stereocenters. The first-order valence-corrected chi connectivity index (χ1v) is 3.53. The summed E-state index contributed by atoms with van der Waals surface area (Å²) in [4.78, 5) is 0. The lowest BCUT2D eigenvalue weighted by molar-refractivity contribution is 0.431. The molecule has 0 bridgehead atoms. The smallest absolute Gasteiger partial charge is 0.109 e. The highest BCUT2D eigenvalue weighted by atomic mass is 127. The van der Waals surface area contributed by atoms with Crippen molar-refractivity contribution in [3.63, 3.8) is 0 Å². The highest BCUT2D eigenvalue weighted by Gasteiger charge is 1.90. The summed E-state index contributed by atoms with van der Waals surface area (Å²) in [5.41, 5.74) is 1.19. The van der Waals surface area contributed by atoms with Crippen molar-refractivity contribution in [2.75, 3.05) is 6.61 Å². The van der Waals surface area contributed by atoms with Gasteiger partial charge in [0.05, 0.1) is 12.8 Å². The zero-order chi connectivity index (χ0) is 6.53. The lowest BCUT2D eigenvalue weighted by Gasteiger charge is -1.89. The van der Waals surface area contributed by atoms with Crippen LogP contribution in [0.4, 0.5) is 0 Å². The van der Waals surface area contributed by atoms with Crippen LogP contribution < -0.4 is 0 Å². The first-order valence-electron chi connectivity index (χ1n) is 2.64. The number of nitrogens with one attached hydrogen (secondary N) is 1. The number of H-pyrrole nitrogens is 1. The molecule has 0 aliphatic carbocycles. The molecule has 0 saturated carbocycles. The Morgan fingerprint density at radius 1 is 1.78 bits per heavy atom. The molecule has 0 atom stereocenters. The maximum Gasteiger partial charge on any atom is 0.109 e. The molecule has 0 aliphatic rings. The average Bonchev–Trinajstić information content (AvgIpc) is 2.34. The summed E-state index contributed by atoms with van der Waals surface area (Å²) in [6, 6.07) is 0. The number of aromatic amines is 1. The molecule has 0 amide bonds. The van der Waals surface area contributed by atoms with Crippen LogP contribution in [0.1, 0.15) is 5.56 Å². The van der Waals surface area contributed by atoms with Gasteiger partial charge < -0.3 is 3.07 Å². The van der Waals surface area contributed by atoms with Gasteiger partial charge in [0.25, 0.3) is 0 Å². The fourth-order valence-electron chi connectivity index (χ4n) is 0.571. The minimum Gasteiger partial charge on any atom is -0.315 e. The maximum atomic E-state index is 4.84. The van der Waals surface area contributed by atoms with E-state index in [2.05, 4.69) is 10.2 Å². The Bertz CT molecular complexity index is 152. The fourth-order valence-corrected chi connectivity index (χ4v) is 0.791. The van der Waals surface area contributed by atoms with Gasteiger partial charge in [-0.25, -0.2) is 0 Å². The SMILES string of the molecule is IOCCc1cn[nH]c1. The van der Waals surface area contributed by atoms with Crippen LogP contribution in [0.3, 0.4) is 0 Å². The number of aromatic nitrogens is 2. The molecule has 0 spiro atoms. The normalized spacial score (nSPS) is 9.89. The van der Waals surface area contributed by atoms with Gasteiger partial charge in [-0.2, -0.15) is 5.10 Å². The summed E-state index contributed by atoms with van der Waals surface area (Å²) in [6.07, 6.45) is 4.60. The highest BCUT2D eigenvalue weighted by molar-refractivity contribution is 14.1. The number of hydrogen-bond donors (Lipinski definition) is 1. The zero-order valence-electron chi connectivity index (χ0n) is 4.80. The van der Waals surface area contributed by atoms with Crippen LogP contribution in [0.2, 0.25) is 0 Å². The Balaban J connectivity index is 2.30. The molecular formula is C5H7IN2O. The fraction of sp³-hybridized carbons (Fsp3) is 0.400. The summed E-state index contributed by atoms with van der Waals surface area (Å²) in [7, 11) is 0. The van der Waals surface area contributed by atoms with E-state index in [9.17, 15) is 0 Å². The average molecular weight is 238 g/mol. The lowest BCUT2D eigenvalue weighted by atomic mass is 10.3. The molecule has 0 fully saturated rings. The van der Waals surface area contributed by atoms with Crippen molar-refractivity contribution in [3.05, 3.63) is 18.0 Å². The number of halogens is 1. The van der Waals surface area contributed by atoms with Crippen LogP contribution >= 0.6 is 23.0 Å². The zero-order valence-corrected chi connectivity index (χ0v) is 6.96. The van der Waals surface area contributed by atoms with Crippen molar-refractivity contribution in [1.82, 2.24) is 10.2 Å². The summed E-state index contributed by atoms with van der Waals surface area (Å²) in [5.74, 6) is 0. The van der Waals surface area contributed by atoms with Crippen molar-refractivity contribution >= 4 is 23.0 Å². The second kappa shape index (κ2) is 3.84. The first-order chi connectivity index (χ1) is 4.43. The van der Waals surface area contributed by atoms with Crippen LogP contribution in [0.25, 0.3) is 0 Å². The Labute approximate surface area is 67.5 Å². The van der Waals surface area contributed by atoms with Crippen molar-refractivity contribution < 1.29 is 3.07 Å². The molecule has 1 aromatic rings. The van der Waals surface area contributed by atoms with Gasteiger partial charge in [0, 0.05) is 6.20 Å². The van der Waals surface area contributed by atoms with E-state index >= 15 is 0 Å². The summed E-state index contributed by atoms with van der Waals surface area (Å²) >= 11 is 1.88. The molecule has 0 aromatic carbocycles. The Hall–Kier alpha value is -0.100. The lowest BCUT2D eigenvalue weighted by Crippen LogP contribution is -1.87. The van der Waals surface area contributed by atoms with E-state index in [0.717, 1.165) is 13.0 Å². The van der Waals surface area contributed by atoms with Crippen LogP contribution in [0.5, 0.6) is 0 Å². The van der Waals surface area contributed by atoms with E-state index in [-0.39, 0.29) is 0 Å². The predicted molar refractivity (Wildman–Crippen MR) is 42.3 cm³/mol. The van der Waals surface area contributed by atoms with Crippen molar-refractivity contribution in [1.29, 1.82) is 0 Å². The number of hydrogen-bond acceptors (Lipinski definition) is 2. The quantitative estimate of drug-likeness (QED) is 0.806. The van der Waals surface area contributed by atoms with Gasteiger partial charge in [0.2, 0.25) is 0 Å². The molecule has 4 heteroatoms. The number of nitrogens with zero attached hydrogens (tertiary/aromatic N) is 1. The molecule has 1 N–H and O–H groups in total. The summed E-state index contributed by atoms with van der Waals surface area (Å²) < 4.78 is 4.84. The monoisotopic (exact) mass is 238 g/mol. The van der Waals surface area contributed by atoms with Gasteiger partial charge >= 0.3 is 0 Å². The van der Waals surface area contributed by atoms with E-state index in [1.807, 2.05) is 29.2 Å². The molecule has 1 heterocycles. The molecular weight excluding hydrogens is 231 g/mol. The molecule has 50 valence electrons. The van der Waals surface area contributed by atoms with E-state index in [0.29, 0.717) is 0 Å². The van der Waals surface area contributed by atoms with Crippen LogP contribution in [0, 0.1) is 0 Å². The van der Waals surface area contributed by atoms with Gasteiger partial charge in [-0.15, -0.1) is 0 Å². The Morgan fingerprint density at radius 2 is 2.67 bits per heavy atom. The highest BCUT2D eigenvalue weighted by Crippen LogP contribution is 1.96. The molecule has 3 nitrogen and oxygen atoms in total. The van der Waals surface area contributed by atoms with E-state index in [4.69, 9.17) is 3.07 Å². The second-order valence-corrected chi connectivity index (χ2v) is 2.29. The predicted octanol–water partition coefficient (Wildman–Crippen LogP) is 1.32. The van der Waals surface area contributed by atoms with Gasteiger partial charge in [0.1, 0.15) is 23.0 Å². The summed E-state index contributed by atoms with van der Waals surface area (Å²) in [5, 5.41) is 6.52. The van der Waals surface area contributed by atoms with E-state index in [1.165, 1.54) is 5.56 Å². The largest absolute Gasteiger partial charge is 0.315 e. The van der Waals surface area contributed by atoms with Crippen LogP contribution in [-0.4, -0.2) is 16.8 Å². The van der Waals surface area contributed by atoms with Crippen molar-refractivity contribution in [2.24, 2.45) is 0 Å². The molecule has 0 aliphatic heterocycles. The van der Waals surface area contributed by atoms with Crippen LogP contribution in [0.15, 0.2) is 12.4 Å². The minimum absolute atomic E-state index is 0.750. The van der Waals surface area contributed by atoms with E-state index in [1.54, 1.807) is 6.20 Å². The molecule has 0 saturated heterocycles. The minimum atomic E-state index is 0.750. The Kier molecular flexibility index (Phi) is 2.99. The Morgan fingerprint density at radius 3 is 3.22 bits per heavy atom.